The first-order valence-electron chi connectivity index (χ1n) is 9.77. The molecule has 2 amide bonds. The van der Waals surface area contributed by atoms with Gasteiger partial charge in [0.2, 0.25) is 5.91 Å². The number of halogens is 1. The third-order valence-electron chi connectivity index (χ3n) is 5.43. The molecule has 0 saturated heterocycles. The van der Waals surface area contributed by atoms with Crippen LogP contribution >= 0.6 is 23.5 Å². The van der Waals surface area contributed by atoms with Crippen LogP contribution in [0.1, 0.15) is 35.2 Å². The highest BCUT2D eigenvalue weighted by Gasteiger charge is 2.45. The zero-order valence-electron chi connectivity index (χ0n) is 16.2. The maximum Gasteiger partial charge on any atom is 0.255 e. The lowest BCUT2D eigenvalue weighted by molar-refractivity contribution is -0.127. The largest absolute Gasteiger partial charge is 0.322 e. The topological polar surface area (TPSA) is 58.2 Å². The highest BCUT2D eigenvalue weighted by atomic mass is 35.5. The van der Waals surface area contributed by atoms with Crippen LogP contribution in [0.5, 0.6) is 0 Å². The maximum atomic E-state index is 13.0. The Balaban J connectivity index is 1.44. The molecule has 0 aliphatic heterocycles. The number of hydrogen-bond donors (Lipinski definition) is 2. The van der Waals surface area contributed by atoms with Crippen molar-refractivity contribution in [3.63, 3.8) is 0 Å². The first kappa shape index (κ1) is 20.5. The second-order valence-electron chi connectivity index (χ2n) is 7.32. The van der Waals surface area contributed by atoms with E-state index in [0.29, 0.717) is 16.3 Å². The van der Waals surface area contributed by atoms with Crippen LogP contribution in [0.15, 0.2) is 83.8 Å². The van der Waals surface area contributed by atoms with Gasteiger partial charge in [-0.15, -0.1) is 0 Å². The standard InChI is InChI=1S/C24H21ClN2O2S/c25-19-7-4-6-17(16-19)22(28)26-20-12-10-18(11-13-20)24(14-5-15-24)23(29)27-30-21-8-2-1-3-9-21/h1-4,6-13,16H,5,14-15H2,(H,26,28)(H,27,29). The predicted octanol–water partition coefficient (Wildman–Crippen LogP) is 5.84. The van der Waals surface area contributed by atoms with E-state index in [-0.39, 0.29) is 11.8 Å². The van der Waals surface area contributed by atoms with Gasteiger partial charge in [-0.3, -0.25) is 14.3 Å². The van der Waals surface area contributed by atoms with Crippen LogP contribution in [-0.2, 0) is 10.2 Å². The second-order valence-corrected chi connectivity index (χ2v) is 8.64. The summed E-state index contributed by atoms with van der Waals surface area (Å²) in [7, 11) is 0. The molecular weight excluding hydrogens is 416 g/mol. The molecule has 0 atom stereocenters. The molecule has 0 spiro atoms. The van der Waals surface area contributed by atoms with E-state index in [9.17, 15) is 9.59 Å². The number of amides is 2. The Kier molecular flexibility index (Phi) is 6.11. The Hall–Kier alpha value is -2.76. The van der Waals surface area contributed by atoms with E-state index in [0.717, 1.165) is 29.7 Å². The van der Waals surface area contributed by atoms with Gasteiger partial charge in [-0.25, -0.2) is 0 Å². The van der Waals surface area contributed by atoms with Gasteiger partial charge in [0.05, 0.1) is 5.41 Å². The molecule has 30 heavy (non-hydrogen) atoms. The minimum Gasteiger partial charge on any atom is -0.322 e. The molecule has 0 radical (unpaired) electrons. The normalized spacial score (nSPS) is 14.4. The minimum absolute atomic E-state index is 0.0262. The molecule has 3 aromatic carbocycles. The number of benzene rings is 3. The quantitative estimate of drug-likeness (QED) is 0.477. The van der Waals surface area contributed by atoms with Crippen LogP contribution in [0, 0.1) is 0 Å². The fourth-order valence-electron chi connectivity index (χ4n) is 3.57. The molecule has 1 aliphatic rings. The lowest BCUT2D eigenvalue weighted by Gasteiger charge is -2.40. The number of anilines is 1. The van der Waals surface area contributed by atoms with E-state index in [2.05, 4.69) is 10.0 Å². The van der Waals surface area contributed by atoms with Gasteiger partial charge in [0, 0.05) is 21.2 Å². The van der Waals surface area contributed by atoms with Crippen LogP contribution in [0.25, 0.3) is 0 Å². The summed E-state index contributed by atoms with van der Waals surface area (Å²) in [6, 6.07) is 24.1. The van der Waals surface area contributed by atoms with Crippen molar-refractivity contribution in [2.75, 3.05) is 5.32 Å². The first-order chi connectivity index (χ1) is 14.6. The van der Waals surface area contributed by atoms with Gasteiger partial charge >= 0.3 is 0 Å². The average molecular weight is 437 g/mol. The van der Waals surface area contributed by atoms with Crippen LogP contribution in [0.4, 0.5) is 5.69 Å². The molecule has 0 aromatic heterocycles. The molecule has 1 fully saturated rings. The summed E-state index contributed by atoms with van der Waals surface area (Å²) < 4.78 is 3.01. The summed E-state index contributed by atoms with van der Waals surface area (Å²) in [5.41, 5.74) is 1.65. The van der Waals surface area contributed by atoms with Gasteiger partial charge in [-0.05, 0) is 72.8 Å². The highest BCUT2D eigenvalue weighted by Crippen LogP contribution is 2.44. The van der Waals surface area contributed by atoms with Crippen molar-refractivity contribution in [3.05, 3.63) is 95.0 Å². The summed E-state index contributed by atoms with van der Waals surface area (Å²) in [6.07, 6.45) is 2.67. The van der Waals surface area contributed by atoms with Crippen molar-refractivity contribution in [1.29, 1.82) is 0 Å². The second kappa shape index (κ2) is 8.94. The molecule has 4 rings (SSSR count). The van der Waals surface area contributed by atoms with Gasteiger partial charge in [-0.1, -0.05) is 54.4 Å². The summed E-state index contributed by atoms with van der Waals surface area (Å²) in [4.78, 5) is 26.4. The summed E-state index contributed by atoms with van der Waals surface area (Å²) in [5, 5.41) is 3.39. The summed E-state index contributed by atoms with van der Waals surface area (Å²) in [6.45, 7) is 0. The third-order valence-corrected chi connectivity index (χ3v) is 6.46. The Morgan fingerprint density at radius 2 is 1.63 bits per heavy atom. The average Bonchev–Trinajstić information content (AvgIpc) is 2.73. The lowest BCUT2D eigenvalue weighted by Crippen LogP contribution is -2.47. The van der Waals surface area contributed by atoms with Crippen molar-refractivity contribution in [1.82, 2.24) is 4.72 Å². The molecule has 0 bridgehead atoms. The van der Waals surface area contributed by atoms with Gasteiger partial charge in [0.1, 0.15) is 0 Å². The van der Waals surface area contributed by atoms with E-state index in [1.165, 1.54) is 11.9 Å². The molecule has 6 heteroatoms. The number of hydrogen-bond acceptors (Lipinski definition) is 3. The van der Waals surface area contributed by atoms with E-state index in [4.69, 9.17) is 11.6 Å². The Morgan fingerprint density at radius 1 is 0.900 bits per heavy atom. The van der Waals surface area contributed by atoms with Crippen molar-refractivity contribution in [2.45, 2.75) is 29.6 Å². The SMILES string of the molecule is O=C(Nc1ccc(C2(C(=O)NSc3ccccc3)CCC2)cc1)c1cccc(Cl)c1. The first-order valence-corrected chi connectivity index (χ1v) is 11.0. The van der Waals surface area contributed by atoms with Crippen molar-refractivity contribution in [2.24, 2.45) is 0 Å². The van der Waals surface area contributed by atoms with Crippen molar-refractivity contribution < 1.29 is 9.59 Å². The fourth-order valence-corrected chi connectivity index (χ4v) is 4.46. The molecule has 3 aromatic rings. The Labute approximate surface area is 185 Å². The molecule has 0 unspecified atom stereocenters. The monoisotopic (exact) mass is 436 g/mol. The predicted molar refractivity (Wildman–Crippen MR) is 122 cm³/mol. The minimum atomic E-state index is -0.503. The molecular formula is C24H21ClN2O2S. The zero-order chi connectivity index (χ0) is 21.0. The van der Waals surface area contributed by atoms with E-state index in [1.807, 2.05) is 54.6 Å². The van der Waals surface area contributed by atoms with Crippen LogP contribution in [0.2, 0.25) is 5.02 Å². The molecule has 2 N–H and O–H groups in total. The van der Waals surface area contributed by atoms with Crippen molar-refractivity contribution >= 4 is 41.1 Å². The number of nitrogens with one attached hydrogen (secondary N) is 2. The lowest BCUT2D eigenvalue weighted by atomic mass is 9.64. The number of rotatable bonds is 6. The van der Waals surface area contributed by atoms with Crippen LogP contribution in [0.3, 0.4) is 0 Å². The third kappa shape index (κ3) is 4.37. The fraction of sp³-hybridized carbons (Fsp3) is 0.167. The smallest absolute Gasteiger partial charge is 0.255 e. The Morgan fingerprint density at radius 3 is 2.27 bits per heavy atom. The summed E-state index contributed by atoms with van der Waals surface area (Å²) >= 11 is 7.30. The van der Waals surface area contributed by atoms with E-state index in [1.54, 1.807) is 24.3 Å². The van der Waals surface area contributed by atoms with Gasteiger partial charge in [-0.2, -0.15) is 0 Å². The van der Waals surface area contributed by atoms with Crippen LogP contribution in [-0.4, -0.2) is 11.8 Å². The zero-order valence-corrected chi connectivity index (χ0v) is 17.8. The number of carbonyl (C=O) groups is 2. The highest BCUT2D eigenvalue weighted by molar-refractivity contribution is 7.98. The molecule has 152 valence electrons. The van der Waals surface area contributed by atoms with E-state index < -0.39 is 5.41 Å². The van der Waals surface area contributed by atoms with Gasteiger partial charge < -0.3 is 5.32 Å². The Bertz CT molecular complexity index is 1050. The molecule has 1 saturated carbocycles. The molecule has 4 nitrogen and oxygen atoms in total. The summed E-state index contributed by atoms with van der Waals surface area (Å²) in [5.74, 6) is -0.195. The van der Waals surface area contributed by atoms with Gasteiger partial charge in [0.25, 0.3) is 5.91 Å². The van der Waals surface area contributed by atoms with Crippen molar-refractivity contribution in [3.8, 4) is 0 Å². The van der Waals surface area contributed by atoms with Gasteiger partial charge in [0.15, 0.2) is 0 Å². The van der Waals surface area contributed by atoms with Crippen LogP contribution < -0.4 is 10.0 Å². The maximum absolute atomic E-state index is 13.0. The number of carbonyl (C=O) groups excluding carboxylic acids is 2. The van der Waals surface area contributed by atoms with E-state index >= 15 is 0 Å². The molecule has 1 aliphatic carbocycles. The molecule has 0 heterocycles.